The molecule has 19 heavy (non-hydrogen) atoms. The smallest absolute Gasteiger partial charge is 0.211 e. The second-order valence-corrected chi connectivity index (χ2v) is 7.37. The highest BCUT2D eigenvalue weighted by Gasteiger charge is 2.32. The van der Waals surface area contributed by atoms with Crippen LogP contribution in [0.5, 0.6) is 0 Å². The second-order valence-electron chi connectivity index (χ2n) is 5.33. The fraction of sp³-hybridized carbons (Fsp3) is 0.571. The van der Waals surface area contributed by atoms with Gasteiger partial charge in [-0.3, -0.25) is 0 Å². The zero-order chi connectivity index (χ0) is 13.8. The molecule has 2 rings (SSSR count). The fourth-order valence-corrected chi connectivity index (χ4v) is 4.13. The average molecular weight is 302 g/mol. The lowest BCUT2D eigenvalue weighted by molar-refractivity contribution is 0.223. The zero-order valence-corrected chi connectivity index (χ0v) is 12.5. The number of halogens is 1. The Labute approximate surface area is 120 Å². The molecule has 5 heteroatoms. The van der Waals surface area contributed by atoms with Crippen molar-refractivity contribution in [2.45, 2.75) is 37.0 Å². The molecule has 1 aromatic carbocycles. The zero-order valence-electron chi connectivity index (χ0n) is 10.9. The number of hydrogen-bond acceptors (Lipinski definition) is 2. The van der Waals surface area contributed by atoms with Crippen molar-refractivity contribution in [3.05, 3.63) is 30.3 Å². The van der Waals surface area contributed by atoms with Gasteiger partial charge in [0, 0.05) is 12.4 Å². The monoisotopic (exact) mass is 301 g/mol. The molecule has 0 spiro atoms. The maximum Gasteiger partial charge on any atom is 0.240 e. The van der Waals surface area contributed by atoms with Gasteiger partial charge in [0.25, 0.3) is 0 Å². The first kappa shape index (κ1) is 14.8. The summed E-state index contributed by atoms with van der Waals surface area (Å²) in [7, 11) is -3.42. The molecule has 0 saturated heterocycles. The normalized spacial score (nSPS) is 19.2. The number of nitrogens with one attached hydrogen (secondary N) is 1. The van der Waals surface area contributed by atoms with Crippen molar-refractivity contribution in [3.63, 3.8) is 0 Å². The number of hydrogen-bond donors (Lipinski definition) is 1. The van der Waals surface area contributed by atoms with Gasteiger partial charge in [-0.15, -0.1) is 11.6 Å². The molecule has 0 heterocycles. The topological polar surface area (TPSA) is 46.2 Å². The minimum atomic E-state index is -3.42. The summed E-state index contributed by atoms with van der Waals surface area (Å²) in [5.74, 6) is 0.518. The molecule has 1 saturated carbocycles. The maximum absolute atomic E-state index is 12.2. The van der Waals surface area contributed by atoms with Crippen LogP contribution in [0.2, 0.25) is 0 Å². The van der Waals surface area contributed by atoms with E-state index < -0.39 is 10.0 Å². The molecule has 3 nitrogen and oxygen atoms in total. The molecule has 1 N–H and O–H groups in total. The Kier molecular flexibility index (Phi) is 4.87. The van der Waals surface area contributed by atoms with Crippen LogP contribution in [0.25, 0.3) is 0 Å². The Morgan fingerprint density at radius 1 is 1.11 bits per heavy atom. The van der Waals surface area contributed by atoms with Crippen molar-refractivity contribution < 1.29 is 8.42 Å². The average Bonchev–Trinajstić information content (AvgIpc) is 2.47. The molecule has 0 atom stereocenters. The Balaban J connectivity index is 2.05. The summed E-state index contributed by atoms with van der Waals surface area (Å²) in [6.45, 7) is 0.438. The van der Waals surface area contributed by atoms with Crippen molar-refractivity contribution in [3.8, 4) is 0 Å². The van der Waals surface area contributed by atoms with Gasteiger partial charge in [-0.2, -0.15) is 0 Å². The lowest BCUT2D eigenvalue weighted by Gasteiger charge is -2.35. The van der Waals surface area contributed by atoms with E-state index in [1.165, 1.54) is 6.42 Å². The minimum absolute atomic E-state index is 0.0678. The van der Waals surface area contributed by atoms with E-state index in [9.17, 15) is 8.42 Å². The largest absolute Gasteiger partial charge is 0.240 e. The molecule has 0 radical (unpaired) electrons. The van der Waals surface area contributed by atoms with Crippen molar-refractivity contribution in [1.82, 2.24) is 4.72 Å². The molecule has 1 fully saturated rings. The molecule has 0 aliphatic heterocycles. The molecule has 106 valence electrons. The molecule has 1 aromatic rings. The highest BCUT2D eigenvalue weighted by Crippen LogP contribution is 2.37. The van der Waals surface area contributed by atoms with Crippen LogP contribution in [0, 0.1) is 5.41 Å². The van der Waals surface area contributed by atoms with Gasteiger partial charge < -0.3 is 0 Å². The van der Waals surface area contributed by atoms with Crippen LogP contribution in [0.3, 0.4) is 0 Å². The van der Waals surface area contributed by atoms with Gasteiger partial charge in [0.1, 0.15) is 0 Å². The van der Waals surface area contributed by atoms with Gasteiger partial charge in [-0.25, -0.2) is 13.1 Å². The molecule has 0 bridgehead atoms. The standard InChI is InChI=1S/C14H20ClNO2S/c15-11-14(9-5-2-6-10-14)12-16-19(17,18)13-7-3-1-4-8-13/h1,3-4,7-8,16H,2,5-6,9-12H2. The first-order valence-corrected chi connectivity index (χ1v) is 8.70. The predicted octanol–water partition coefficient (Wildman–Crippen LogP) is 3.15. The molecular weight excluding hydrogens is 282 g/mol. The fourth-order valence-electron chi connectivity index (χ4n) is 2.59. The highest BCUT2D eigenvalue weighted by atomic mass is 35.5. The predicted molar refractivity (Wildman–Crippen MR) is 77.9 cm³/mol. The third-order valence-corrected chi connectivity index (χ3v) is 5.87. The Bertz CT molecular complexity index is 495. The van der Waals surface area contributed by atoms with Gasteiger partial charge in [-0.05, 0) is 30.4 Å². The van der Waals surface area contributed by atoms with Gasteiger partial charge in [0.15, 0.2) is 0 Å². The quantitative estimate of drug-likeness (QED) is 0.849. The van der Waals surface area contributed by atoms with Gasteiger partial charge >= 0.3 is 0 Å². The Morgan fingerprint density at radius 2 is 1.74 bits per heavy atom. The van der Waals surface area contributed by atoms with Crippen LogP contribution in [0.4, 0.5) is 0 Å². The van der Waals surface area contributed by atoms with Crippen LogP contribution >= 0.6 is 11.6 Å². The van der Waals surface area contributed by atoms with Gasteiger partial charge in [0.05, 0.1) is 4.90 Å². The lowest BCUT2D eigenvalue weighted by atomic mass is 9.76. The number of rotatable bonds is 5. The van der Waals surface area contributed by atoms with Crippen molar-refractivity contribution in [2.75, 3.05) is 12.4 Å². The first-order chi connectivity index (χ1) is 9.08. The van der Waals surface area contributed by atoms with E-state index >= 15 is 0 Å². The van der Waals surface area contributed by atoms with E-state index in [1.807, 2.05) is 0 Å². The summed E-state index contributed by atoms with van der Waals surface area (Å²) in [4.78, 5) is 0.315. The van der Waals surface area contributed by atoms with Crippen LogP contribution < -0.4 is 4.72 Å². The van der Waals surface area contributed by atoms with Crippen molar-refractivity contribution in [1.29, 1.82) is 0 Å². The molecule has 0 amide bonds. The lowest BCUT2D eigenvalue weighted by Crippen LogP contribution is -2.40. The summed E-state index contributed by atoms with van der Waals surface area (Å²) >= 11 is 6.08. The Morgan fingerprint density at radius 3 is 2.32 bits per heavy atom. The molecule has 1 aliphatic rings. The minimum Gasteiger partial charge on any atom is -0.211 e. The summed E-state index contributed by atoms with van der Waals surface area (Å²) in [5.41, 5.74) is -0.0678. The van der Waals surface area contributed by atoms with E-state index in [0.29, 0.717) is 17.3 Å². The van der Waals surface area contributed by atoms with E-state index in [2.05, 4.69) is 4.72 Å². The highest BCUT2D eigenvalue weighted by molar-refractivity contribution is 7.89. The summed E-state index contributed by atoms with van der Waals surface area (Å²) in [6, 6.07) is 8.48. The Hall–Kier alpha value is -0.580. The van der Waals surface area contributed by atoms with Crippen molar-refractivity contribution >= 4 is 21.6 Å². The van der Waals surface area contributed by atoms with Crippen LogP contribution in [-0.4, -0.2) is 20.8 Å². The van der Waals surface area contributed by atoms with Gasteiger partial charge in [-0.1, -0.05) is 37.5 Å². The third kappa shape index (κ3) is 3.71. The van der Waals surface area contributed by atoms with Crippen LogP contribution in [0.15, 0.2) is 35.2 Å². The molecule has 0 unspecified atom stereocenters. The molecular formula is C14H20ClNO2S. The number of sulfonamides is 1. The second kappa shape index (κ2) is 6.25. The van der Waals surface area contributed by atoms with Crippen LogP contribution in [0.1, 0.15) is 32.1 Å². The van der Waals surface area contributed by atoms with E-state index in [0.717, 1.165) is 25.7 Å². The van der Waals surface area contributed by atoms with E-state index in [1.54, 1.807) is 30.3 Å². The van der Waals surface area contributed by atoms with E-state index in [-0.39, 0.29) is 5.41 Å². The molecule has 0 aromatic heterocycles. The summed E-state index contributed by atoms with van der Waals surface area (Å²) < 4.78 is 27.1. The van der Waals surface area contributed by atoms with Crippen molar-refractivity contribution in [2.24, 2.45) is 5.41 Å². The number of benzene rings is 1. The summed E-state index contributed by atoms with van der Waals surface area (Å²) in [5, 5.41) is 0. The summed E-state index contributed by atoms with van der Waals surface area (Å²) in [6.07, 6.45) is 5.52. The van der Waals surface area contributed by atoms with E-state index in [4.69, 9.17) is 11.6 Å². The number of alkyl halides is 1. The SMILES string of the molecule is O=S(=O)(NCC1(CCl)CCCCC1)c1ccccc1. The molecule has 1 aliphatic carbocycles. The first-order valence-electron chi connectivity index (χ1n) is 6.69. The third-order valence-electron chi connectivity index (χ3n) is 3.89. The van der Waals surface area contributed by atoms with Crippen LogP contribution in [-0.2, 0) is 10.0 Å². The van der Waals surface area contributed by atoms with Gasteiger partial charge in [0.2, 0.25) is 10.0 Å². The maximum atomic E-state index is 12.2.